The van der Waals surface area contributed by atoms with Gasteiger partial charge in [0.2, 0.25) is 10.0 Å². The fourth-order valence-corrected chi connectivity index (χ4v) is 3.95. The number of hydrogen-bond donors (Lipinski definition) is 1. The van der Waals surface area contributed by atoms with E-state index in [1.165, 1.54) is 4.31 Å². The van der Waals surface area contributed by atoms with E-state index in [0.717, 1.165) is 6.42 Å². The number of carbonyl (C=O) groups is 1. The van der Waals surface area contributed by atoms with Gasteiger partial charge in [0.1, 0.15) is 0 Å². The predicted molar refractivity (Wildman–Crippen MR) is 89.0 cm³/mol. The van der Waals surface area contributed by atoms with Crippen molar-refractivity contribution in [3.05, 3.63) is 0 Å². The van der Waals surface area contributed by atoms with Crippen LogP contribution in [0.4, 0.5) is 0 Å². The lowest BCUT2D eigenvalue weighted by atomic mass is 10.0. The number of sulfonamides is 1. The number of carboxylic acids is 1. The fourth-order valence-electron chi connectivity index (χ4n) is 2.82. The van der Waals surface area contributed by atoms with Crippen molar-refractivity contribution in [1.29, 1.82) is 0 Å². The summed E-state index contributed by atoms with van der Waals surface area (Å²) in [6, 6.07) is 0.119. The molecule has 1 rings (SSSR count). The first-order valence-corrected chi connectivity index (χ1v) is 9.92. The number of nitrogens with zero attached hydrogens (tertiary/aromatic N) is 2. The van der Waals surface area contributed by atoms with Crippen LogP contribution in [0.25, 0.3) is 0 Å². The van der Waals surface area contributed by atoms with Crippen LogP contribution < -0.4 is 0 Å². The Morgan fingerprint density at radius 3 is 2.43 bits per heavy atom. The number of aliphatic carboxylic acids is 1. The maximum absolute atomic E-state index is 11.9. The molecule has 0 saturated carbocycles. The van der Waals surface area contributed by atoms with E-state index >= 15 is 0 Å². The highest BCUT2D eigenvalue weighted by Crippen LogP contribution is 2.19. The molecule has 0 radical (unpaired) electrons. The fraction of sp³-hybridized carbons (Fsp3) is 0.933. The molecule has 0 spiro atoms. The van der Waals surface area contributed by atoms with Gasteiger partial charge < -0.3 is 9.84 Å². The molecule has 23 heavy (non-hydrogen) atoms. The monoisotopic (exact) mass is 350 g/mol. The van der Waals surface area contributed by atoms with E-state index in [2.05, 4.69) is 0 Å². The van der Waals surface area contributed by atoms with Gasteiger partial charge in [-0.05, 0) is 40.0 Å². The second-order valence-corrected chi connectivity index (χ2v) is 8.43. The van der Waals surface area contributed by atoms with Crippen LogP contribution in [0.1, 0.15) is 40.0 Å². The SMILES string of the molecule is CCS(=O)(=O)N1CCC(N(CCCOC(C)C)CC(=O)O)CC1. The minimum absolute atomic E-state index is 0.00707. The maximum Gasteiger partial charge on any atom is 0.317 e. The van der Waals surface area contributed by atoms with Gasteiger partial charge in [0.15, 0.2) is 0 Å². The zero-order valence-corrected chi connectivity index (χ0v) is 15.2. The lowest BCUT2D eigenvalue weighted by Crippen LogP contribution is -2.48. The van der Waals surface area contributed by atoms with Crippen molar-refractivity contribution >= 4 is 16.0 Å². The molecule has 8 heteroatoms. The van der Waals surface area contributed by atoms with E-state index in [1.54, 1.807) is 6.92 Å². The second kappa shape index (κ2) is 9.56. The minimum atomic E-state index is -3.15. The zero-order valence-electron chi connectivity index (χ0n) is 14.4. The standard InChI is InChI=1S/C15H30N2O5S/c1-4-23(20,21)17-9-6-14(7-10-17)16(12-15(18)19)8-5-11-22-13(2)3/h13-14H,4-12H2,1-3H3,(H,18,19). The molecule has 136 valence electrons. The number of ether oxygens (including phenoxy) is 1. The number of rotatable bonds is 10. The molecule has 1 fully saturated rings. The third-order valence-corrected chi connectivity index (χ3v) is 5.96. The molecule has 1 N–H and O–H groups in total. The molecule has 1 aliphatic rings. The molecule has 0 aromatic heterocycles. The quantitative estimate of drug-likeness (QED) is 0.592. The van der Waals surface area contributed by atoms with Gasteiger partial charge >= 0.3 is 5.97 Å². The van der Waals surface area contributed by atoms with Crippen LogP contribution in [0.3, 0.4) is 0 Å². The summed E-state index contributed by atoms with van der Waals surface area (Å²) in [5, 5.41) is 9.10. The Bertz CT molecular complexity index is 458. The third-order valence-electron chi connectivity index (χ3n) is 4.08. The van der Waals surface area contributed by atoms with Gasteiger partial charge in [-0.1, -0.05) is 0 Å². The number of carboxylic acid groups (broad SMARTS) is 1. The van der Waals surface area contributed by atoms with Crippen LogP contribution in [-0.2, 0) is 19.6 Å². The van der Waals surface area contributed by atoms with Crippen molar-refractivity contribution in [3.63, 3.8) is 0 Å². The Kier molecular flexibility index (Phi) is 8.46. The van der Waals surface area contributed by atoms with Crippen LogP contribution in [0.2, 0.25) is 0 Å². The summed E-state index contributed by atoms with van der Waals surface area (Å²) < 4.78 is 30.8. The molecule has 1 saturated heterocycles. The molecule has 1 heterocycles. The highest BCUT2D eigenvalue weighted by atomic mass is 32.2. The van der Waals surface area contributed by atoms with E-state index in [-0.39, 0.29) is 24.4 Å². The molecular formula is C15H30N2O5S. The summed E-state index contributed by atoms with van der Waals surface area (Å²) in [5.74, 6) is -0.735. The molecule has 0 aromatic rings. The van der Waals surface area contributed by atoms with Crippen LogP contribution in [0.5, 0.6) is 0 Å². The van der Waals surface area contributed by atoms with Gasteiger partial charge in [0.25, 0.3) is 0 Å². The summed E-state index contributed by atoms with van der Waals surface area (Å²) in [4.78, 5) is 13.0. The van der Waals surface area contributed by atoms with Crippen molar-refractivity contribution in [1.82, 2.24) is 9.21 Å². The summed E-state index contributed by atoms with van der Waals surface area (Å²) in [6.07, 6.45) is 2.30. The number of hydrogen-bond acceptors (Lipinski definition) is 5. The first-order chi connectivity index (χ1) is 10.8. The molecule has 0 amide bonds. The lowest BCUT2D eigenvalue weighted by molar-refractivity contribution is -0.139. The molecule has 0 atom stereocenters. The van der Waals surface area contributed by atoms with Gasteiger partial charge in [0, 0.05) is 32.3 Å². The van der Waals surface area contributed by atoms with Crippen molar-refractivity contribution in [2.75, 3.05) is 38.5 Å². The Hall–Kier alpha value is -0.700. The minimum Gasteiger partial charge on any atom is -0.480 e. The Labute approximate surface area is 139 Å². The zero-order chi connectivity index (χ0) is 17.5. The molecule has 0 aliphatic carbocycles. The predicted octanol–water partition coefficient (Wildman–Crippen LogP) is 1.00. The van der Waals surface area contributed by atoms with Crippen LogP contribution >= 0.6 is 0 Å². The molecule has 0 bridgehead atoms. The van der Waals surface area contributed by atoms with Gasteiger partial charge in [0.05, 0.1) is 18.4 Å². The van der Waals surface area contributed by atoms with E-state index in [0.29, 0.717) is 39.1 Å². The average Bonchev–Trinajstić information content (AvgIpc) is 2.50. The van der Waals surface area contributed by atoms with Gasteiger partial charge in [-0.15, -0.1) is 0 Å². The average molecular weight is 350 g/mol. The first kappa shape index (κ1) is 20.3. The van der Waals surface area contributed by atoms with Crippen LogP contribution in [0, 0.1) is 0 Å². The van der Waals surface area contributed by atoms with E-state index in [4.69, 9.17) is 9.84 Å². The molecule has 7 nitrogen and oxygen atoms in total. The van der Waals surface area contributed by atoms with Gasteiger partial charge in [-0.3, -0.25) is 9.69 Å². The summed E-state index contributed by atoms with van der Waals surface area (Å²) in [7, 11) is -3.15. The van der Waals surface area contributed by atoms with Crippen LogP contribution in [0.15, 0.2) is 0 Å². The van der Waals surface area contributed by atoms with E-state index < -0.39 is 16.0 Å². The maximum atomic E-state index is 11.9. The summed E-state index contributed by atoms with van der Waals surface area (Å²) >= 11 is 0. The normalized spacial score (nSPS) is 18.0. The van der Waals surface area contributed by atoms with E-state index in [9.17, 15) is 13.2 Å². The first-order valence-electron chi connectivity index (χ1n) is 8.31. The molecule has 0 unspecified atom stereocenters. The second-order valence-electron chi connectivity index (χ2n) is 6.17. The van der Waals surface area contributed by atoms with Crippen molar-refractivity contribution in [3.8, 4) is 0 Å². The smallest absolute Gasteiger partial charge is 0.317 e. The summed E-state index contributed by atoms with van der Waals surface area (Å²) in [5.41, 5.74) is 0. The lowest BCUT2D eigenvalue weighted by Gasteiger charge is -2.37. The number of piperidine rings is 1. The third kappa shape index (κ3) is 7.15. The van der Waals surface area contributed by atoms with Crippen LogP contribution in [-0.4, -0.2) is 79.4 Å². The molecule has 1 aliphatic heterocycles. The topological polar surface area (TPSA) is 87.2 Å². The Morgan fingerprint density at radius 2 is 1.96 bits per heavy atom. The largest absolute Gasteiger partial charge is 0.480 e. The highest BCUT2D eigenvalue weighted by molar-refractivity contribution is 7.89. The Balaban J connectivity index is 2.51. The van der Waals surface area contributed by atoms with Gasteiger partial charge in [-0.25, -0.2) is 12.7 Å². The molecule has 0 aromatic carbocycles. The molecular weight excluding hydrogens is 320 g/mol. The Morgan fingerprint density at radius 1 is 1.35 bits per heavy atom. The van der Waals surface area contributed by atoms with E-state index in [1.807, 2.05) is 18.7 Å². The summed E-state index contributed by atoms with van der Waals surface area (Å²) in [6.45, 7) is 7.79. The van der Waals surface area contributed by atoms with Crippen molar-refractivity contribution < 1.29 is 23.1 Å². The van der Waals surface area contributed by atoms with Gasteiger partial charge in [-0.2, -0.15) is 0 Å². The van der Waals surface area contributed by atoms with Crippen molar-refractivity contribution in [2.24, 2.45) is 0 Å². The highest BCUT2D eigenvalue weighted by Gasteiger charge is 2.30. The van der Waals surface area contributed by atoms with Crippen molar-refractivity contribution in [2.45, 2.75) is 52.2 Å².